The Balaban J connectivity index is 3.66. The second-order valence-corrected chi connectivity index (χ2v) is 8.93. The Morgan fingerprint density at radius 1 is 0.690 bits per heavy atom. The Hall–Kier alpha value is -0.160. The Labute approximate surface area is 182 Å². The first-order chi connectivity index (χ1) is 14.1. The normalized spacial score (nSPS) is 15.0. The van der Waals surface area contributed by atoms with E-state index in [-0.39, 0.29) is 18.3 Å². The Bertz CT molecular complexity index is 322. The third-order valence-corrected chi connectivity index (χ3v) is 6.39. The van der Waals surface area contributed by atoms with Crippen LogP contribution in [0.1, 0.15) is 137 Å². The minimum absolute atomic E-state index is 0.0732. The maximum atomic E-state index is 10.2. The van der Waals surface area contributed by atoms with Gasteiger partial charge in [0.1, 0.15) is 0 Å². The van der Waals surface area contributed by atoms with Gasteiger partial charge < -0.3 is 10.3 Å². The van der Waals surface area contributed by atoms with Gasteiger partial charge in [-0.1, -0.05) is 117 Å². The number of hydrogen-bond acceptors (Lipinski definition) is 4. The van der Waals surface area contributed by atoms with E-state index in [1.165, 1.54) is 89.9 Å². The zero-order valence-electron chi connectivity index (χ0n) is 20.3. The molecule has 4 nitrogen and oxygen atoms in total. The zero-order chi connectivity index (χ0) is 21.7. The van der Waals surface area contributed by atoms with Gasteiger partial charge in [0.05, 0.1) is 12.3 Å². The fourth-order valence-electron chi connectivity index (χ4n) is 4.49. The number of nitrogens with one attached hydrogen (secondary N) is 1. The van der Waals surface area contributed by atoms with Gasteiger partial charge in [-0.15, -0.1) is 0 Å². The van der Waals surface area contributed by atoms with Crippen LogP contribution in [0.3, 0.4) is 0 Å². The highest BCUT2D eigenvalue weighted by molar-refractivity contribution is 4.79. The molecule has 0 heterocycles. The number of hydroxylamine groups is 1. The molecule has 0 saturated heterocycles. The molecule has 4 heteroatoms. The third-order valence-electron chi connectivity index (χ3n) is 6.39. The molecule has 0 aromatic heterocycles. The van der Waals surface area contributed by atoms with E-state index in [9.17, 15) is 10.3 Å². The van der Waals surface area contributed by atoms with Crippen LogP contribution in [-0.4, -0.2) is 40.1 Å². The van der Waals surface area contributed by atoms with Gasteiger partial charge in [-0.3, -0.25) is 4.90 Å². The lowest BCUT2D eigenvalue weighted by atomic mass is 9.99. The molecule has 0 spiro atoms. The average Bonchev–Trinajstić information content (AvgIpc) is 2.72. The quantitative estimate of drug-likeness (QED) is 0.101. The summed E-state index contributed by atoms with van der Waals surface area (Å²) in [6, 6.07) is 0.117. The molecule has 0 bridgehead atoms. The molecule has 0 saturated carbocycles. The van der Waals surface area contributed by atoms with Crippen molar-refractivity contribution in [1.82, 2.24) is 10.4 Å². The molecule has 3 unspecified atom stereocenters. The molecule has 0 fully saturated rings. The lowest BCUT2D eigenvalue weighted by Crippen LogP contribution is -2.53. The van der Waals surface area contributed by atoms with Crippen molar-refractivity contribution in [3.05, 3.63) is 0 Å². The summed E-state index contributed by atoms with van der Waals surface area (Å²) in [7, 11) is 0. The minimum Gasteiger partial charge on any atom is -0.392 e. The highest BCUT2D eigenvalue weighted by atomic mass is 16.5. The number of nitrogens with zero attached hydrogens (tertiary/aromatic N) is 1. The van der Waals surface area contributed by atoms with Gasteiger partial charge in [0.2, 0.25) is 0 Å². The summed E-state index contributed by atoms with van der Waals surface area (Å²) in [6.45, 7) is 9.15. The summed E-state index contributed by atoms with van der Waals surface area (Å²) in [6.07, 6.45) is 22.0. The fraction of sp³-hybridized carbons (Fsp3) is 1.00. The van der Waals surface area contributed by atoms with E-state index in [2.05, 4.69) is 31.2 Å². The van der Waals surface area contributed by atoms with Crippen molar-refractivity contribution in [3.8, 4) is 0 Å². The number of likely N-dealkylation sites (N-methyl/N-ethyl adjacent to an activating group) is 1. The first kappa shape index (κ1) is 28.8. The van der Waals surface area contributed by atoms with Gasteiger partial charge in [0.15, 0.2) is 0 Å². The van der Waals surface area contributed by atoms with Crippen molar-refractivity contribution in [3.63, 3.8) is 0 Å². The van der Waals surface area contributed by atoms with E-state index in [1.807, 2.05) is 6.92 Å². The zero-order valence-corrected chi connectivity index (χ0v) is 20.3. The molecular weight excluding hydrogens is 360 g/mol. The Morgan fingerprint density at radius 3 is 1.41 bits per heavy atom. The van der Waals surface area contributed by atoms with E-state index in [0.717, 1.165) is 25.8 Å². The molecule has 0 aliphatic carbocycles. The van der Waals surface area contributed by atoms with Gasteiger partial charge in [0.25, 0.3) is 0 Å². The molecule has 29 heavy (non-hydrogen) atoms. The summed E-state index contributed by atoms with van der Waals surface area (Å²) >= 11 is 0. The molecule has 0 aromatic rings. The predicted molar refractivity (Wildman–Crippen MR) is 126 cm³/mol. The van der Waals surface area contributed by atoms with Gasteiger partial charge >= 0.3 is 0 Å². The minimum atomic E-state index is -0.371. The molecular formula is C25H54N2O2. The SMILES string of the molecule is CCCCCCCCCCCCCCCCCC(C(C)O)N(CC)C(CC)NO. The molecule has 0 amide bonds. The summed E-state index contributed by atoms with van der Waals surface area (Å²) in [5.41, 5.74) is 2.41. The van der Waals surface area contributed by atoms with Gasteiger partial charge in [0, 0.05) is 6.04 Å². The molecule has 0 aliphatic heterocycles. The Morgan fingerprint density at radius 2 is 1.10 bits per heavy atom. The van der Waals surface area contributed by atoms with Crippen LogP contribution in [0.25, 0.3) is 0 Å². The van der Waals surface area contributed by atoms with E-state index < -0.39 is 0 Å². The number of aliphatic hydroxyl groups is 1. The van der Waals surface area contributed by atoms with Gasteiger partial charge in [-0.2, -0.15) is 5.48 Å². The number of rotatable bonds is 22. The van der Waals surface area contributed by atoms with Crippen LogP contribution in [0.4, 0.5) is 0 Å². The first-order valence-electron chi connectivity index (χ1n) is 13.0. The monoisotopic (exact) mass is 414 g/mol. The van der Waals surface area contributed by atoms with Crippen molar-refractivity contribution in [2.24, 2.45) is 0 Å². The van der Waals surface area contributed by atoms with Gasteiger partial charge in [-0.05, 0) is 26.3 Å². The summed E-state index contributed by atoms with van der Waals surface area (Å²) < 4.78 is 0. The first-order valence-corrected chi connectivity index (χ1v) is 13.0. The van der Waals surface area contributed by atoms with Crippen LogP contribution in [0.15, 0.2) is 0 Å². The third kappa shape index (κ3) is 15.3. The number of unbranched alkanes of at least 4 members (excludes halogenated alkanes) is 14. The largest absolute Gasteiger partial charge is 0.392 e. The lowest BCUT2D eigenvalue weighted by molar-refractivity contribution is -0.0293. The summed E-state index contributed by atoms with van der Waals surface area (Å²) in [4.78, 5) is 2.20. The molecule has 0 rings (SSSR count). The maximum Gasteiger partial charge on any atom is 0.0835 e. The van der Waals surface area contributed by atoms with Crippen molar-refractivity contribution < 1.29 is 10.3 Å². The molecule has 0 radical (unpaired) electrons. The van der Waals surface area contributed by atoms with E-state index in [0.29, 0.717) is 0 Å². The van der Waals surface area contributed by atoms with Crippen LogP contribution in [0.2, 0.25) is 0 Å². The van der Waals surface area contributed by atoms with E-state index >= 15 is 0 Å². The number of hydrogen-bond donors (Lipinski definition) is 3. The van der Waals surface area contributed by atoms with Crippen LogP contribution in [0.5, 0.6) is 0 Å². The van der Waals surface area contributed by atoms with E-state index in [1.54, 1.807) is 0 Å². The van der Waals surface area contributed by atoms with E-state index in [4.69, 9.17) is 0 Å². The van der Waals surface area contributed by atoms with Crippen molar-refractivity contribution in [2.45, 2.75) is 155 Å². The van der Waals surface area contributed by atoms with Crippen LogP contribution >= 0.6 is 0 Å². The summed E-state index contributed by atoms with van der Waals surface area (Å²) in [5.74, 6) is 0. The molecule has 3 N–H and O–H groups in total. The maximum absolute atomic E-state index is 10.2. The van der Waals surface area contributed by atoms with Crippen LogP contribution < -0.4 is 5.48 Å². The second kappa shape index (κ2) is 21.1. The number of aliphatic hydroxyl groups excluding tert-OH is 1. The topological polar surface area (TPSA) is 55.7 Å². The average molecular weight is 415 g/mol. The standard InChI is InChI=1S/C25H54N2O2/c1-5-8-9-10-11-12-13-14-15-16-17-18-19-20-21-22-24(23(4)28)27(7-3)25(6-2)26-29/h23-26,28-29H,5-22H2,1-4H3. The van der Waals surface area contributed by atoms with Gasteiger partial charge in [-0.25, -0.2) is 0 Å². The molecule has 176 valence electrons. The molecule has 0 aromatic carbocycles. The second-order valence-electron chi connectivity index (χ2n) is 8.93. The van der Waals surface area contributed by atoms with Crippen molar-refractivity contribution in [2.75, 3.05) is 6.54 Å². The smallest absolute Gasteiger partial charge is 0.0835 e. The lowest BCUT2D eigenvalue weighted by Gasteiger charge is -2.38. The van der Waals surface area contributed by atoms with Crippen molar-refractivity contribution in [1.29, 1.82) is 0 Å². The Kier molecular flexibility index (Phi) is 21.0. The van der Waals surface area contributed by atoms with Crippen LogP contribution in [-0.2, 0) is 0 Å². The summed E-state index contributed by atoms with van der Waals surface area (Å²) in [5, 5.41) is 19.6. The predicted octanol–water partition coefficient (Wildman–Crippen LogP) is 7.03. The highest BCUT2D eigenvalue weighted by Crippen LogP contribution is 2.19. The highest BCUT2D eigenvalue weighted by Gasteiger charge is 2.26. The molecule has 0 aliphatic rings. The molecule has 3 atom stereocenters. The van der Waals surface area contributed by atoms with Crippen molar-refractivity contribution >= 4 is 0 Å². The fourth-order valence-corrected chi connectivity index (χ4v) is 4.49. The van der Waals surface area contributed by atoms with Crippen LogP contribution in [0, 0.1) is 0 Å².